The zero-order chi connectivity index (χ0) is 30.2. The summed E-state index contributed by atoms with van der Waals surface area (Å²) in [6.07, 6.45) is 10.5. The van der Waals surface area contributed by atoms with E-state index < -0.39 is 0 Å². The number of hydrogen-bond acceptors (Lipinski definition) is 5. The summed E-state index contributed by atoms with van der Waals surface area (Å²) >= 11 is 0. The van der Waals surface area contributed by atoms with Gasteiger partial charge in [-0.25, -0.2) is 4.79 Å². The first-order valence-corrected chi connectivity index (χ1v) is 16.8. The molecule has 0 aromatic heterocycles. The number of fused-ring (bicyclic) bond motifs is 5. The lowest BCUT2D eigenvalue weighted by Crippen LogP contribution is -2.60. The number of benzene rings is 2. The lowest BCUT2D eigenvalue weighted by molar-refractivity contribution is -0.168. The van der Waals surface area contributed by atoms with Crippen molar-refractivity contribution in [1.82, 2.24) is 0 Å². The molecule has 4 saturated carbocycles. The summed E-state index contributed by atoms with van der Waals surface area (Å²) in [5, 5.41) is 0. The third-order valence-electron chi connectivity index (χ3n) is 12.8. The highest BCUT2D eigenvalue weighted by molar-refractivity contribution is 5.89. The van der Waals surface area contributed by atoms with E-state index in [1.54, 1.807) is 0 Å². The molecular weight excluding hydrogens is 536 g/mol. The van der Waals surface area contributed by atoms with Crippen LogP contribution in [0.2, 0.25) is 0 Å². The molecule has 0 N–H and O–H groups in total. The Morgan fingerprint density at radius 3 is 2.33 bits per heavy atom. The number of rotatable bonds is 8. The Labute approximate surface area is 258 Å². The predicted molar refractivity (Wildman–Crippen MR) is 168 cm³/mol. The molecule has 10 atom stereocenters. The van der Waals surface area contributed by atoms with E-state index in [0.717, 1.165) is 37.9 Å². The first kappa shape index (κ1) is 30.2. The quantitative estimate of drug-likeness (QED) is 0.290. The summed E-state index contributed by atoms with van der Waals surface area (Å²) in [5.74, 6) is 4.12. The van der Waals surface area contributed by atoms with Crippen molar-refractivity contribution in [3.05, 3.63) is 66.2 Å². The molecule has 0 unspecified atom stereocenters. The van der Waals surface area contributed by atoms with Gasteiger partial charge in [0, 0.05) is 11.8 Å². The maximum atomic E-state index is 12.9. The number of carbonyl (C=O) groups is 2. The molecule has 0 amide bonds. The Morgan fingerprint density at radius 2 is 1.60 bits per heavy atom. The highest BCUT2D eigenvalue weighted by atomic mass is 16.5. The Morgan fingerprint density at radius 1 is 0.884 bits per heavy atom. The van der Waals surface area contributed by atoms with Gasteiger partial charge in [-0.3, -0.25) is 4.79 Å². The Balaban J connectivity index is 1.23. The highest BCUT2D eigenvalue weighted by Crippen LogP contribution is 2.69. The first-order chi connectivity index (χ1) is 20.7. The van der Waals surface area contributed by atoms with Gasteiger partial charge in [-0.05, 0) is 123 Å². The molecule has 0 aliphatic heterocycles. The molecule has 0 spiro atoms. The minimum atomic E-state index is -0.189. The smallest absolute Gasteiger partial charge is 0.338 e. The van der Waals surface area contributed by atoms with Crippen molar-refractivity contribution in [2.45, 2.75) is 97.2 Å². The van der Waals surface area contributed by atoms with Crippen LogP contribution in [-0.2, 0) is 14.3 Å². The van der Waals surface area contributed by atoms with Crippen LogP contribution in [0.15, 0.2) is 60.7 Å². The van der Waals surface area contributed by atoms with E-state index in [9.17, 15) is 9.59 Å². The molecule has 2 aromatic rings. The van der Waals surface area contributed by atoms with Gasteiger partial charge in [-0.2, -0.15) is 0 Å². The monoisotopic (exact) mass is 586 g/mol. The van der Waals surface area contributed by atoms with E-state index in [4.69, 9.17) is 14.2 Å². The molecule has 232 valence electrons. The van der Waals surface area contributed by atoms with Crippen molar-refractivity contribution in [1.29, 1.82) is 0 Å². The lowest BCUT2D eigenvalue weighted by Gasteiger charge is -2.63. The average molecular weight is 587 g/mol. The fourth-order valence-electron chi connectivity index (χ4n) is 10.5. The third kappa shape index (κ3) is 5.62. The van der Waals surface area contributed by atoms with E-state index >= 15 is 0 Å². The van der Waals surface area contributed by atoms with Crippen LogP contribution in [0, 0.1) is 46.3 Å². The van der Waals surface area contributed by atoms with E-state index in [-0.39, 0.29) is 35.0 Å². The molecule has 5 nitrogen and oxygen atoms in total. The van der Waals surface area contributed by atoms with Crippen molar-refractivity contribution < 1.29 is 23.8 Å². The minimum absolute atomic E-state index is 0.000857. The number of para-hydroxylation sites is 1. The molecule has 2 aromatic carbocycles. The van der Waals surface area contributed by atoms with E-state index in [1.165, 1.54) is 32.8 Å². The fourth-order valence-corrected chi connectivity index (χ4v) is 10.5. The molecule has 43 heavy (non-hydrogen) atoms. The Hall–Kier alpha value is -2.82. The van der Waals surface area contributed by atoms with Gasteiger partial charge in [0.15, 0.2) is 0 Å². The van der Waals surface area contributed by atoms with Crippen LogP contribution in [0.5, 0.6) is 5.75 Å². The van der Waals surface area contributed by atoms with Crippen LogP contribution in [0.3, 0.4) is 0 Å². The third-order valence-corrected chi connectivity index (χ3v) is 12.8. The average Bonchev–Trinajstić information content (AvgIpc) is 3.39. The standard InChI is InChI=1S/C38H50O5/c1-25(15-20-35(39)41-4)31-18-19-32-30-17-16-27-23-29(43-36(40)26-11-7-5-8-12-26)21-22-37(27,2)33(30)24-34(38(31,32)3)42-28-13-9-6-10-14-28/h5-14,25,27,29-34H,15-24H2,1-4H3/t25-,27-,29+,30-,31+,32-,33-,34-,37-,38+/m0/s1. The van der Waals surface area contributed by atoms with Gasteiger partial charge >= 0.3 is 11.9 Å². The second-order valence-electron chi connectivity index (χ2n) is 14.6. The van der Waals surface area contributed by atoms with E-state index in [2.05, 4.69) is 51.1 Å². The van der Waals surface area contributed by atoms with Gasteiger partial charge in [0.05, 0.1) is 12.7 Å². The lowest BCUT2D eigenvalue weighted by atomic mass is 9.43. The van der Waals surface area contributed by atoms with Gasteiger partial charge in [-0.15, -0.1) is 0 Å². The second kappa shape index (κ2) is 12.3. The zero-order valence-electron chi connectivity index (χ0n) is 26.5. The Bertz CT molecular complexity index is 1260. The first-order valence-electron chi connectivity index (χ1n) is 16.8. The number of carbonyl (C=O) groups excluding carboxylic acids is 2. The normalized spacial score (nSPS) is 37.3. The van der Waals surface area contributed by atoms with Crippen LogP contribution < -0.4 is 4.74 Å². The molecule has 4 aliphatic carbocycles. The number of methoxy groups -OCH3 is 1. The summed E-state index contributed by atoms with van der Waals surface area (Å²) in [7, 11) is 1.49. The topological polar surface area (TPSA) is 61.8 Å². The van der Waals surface area contributed by atoms with Crippen LogP contribution >= 0.6 is 0 Å². The van der Waals surface area contributed by atoms with Gasteiger partial charge in [0.2, 0.25) is 0 Å². The van der Waals surface area contributed by atoms with Crippen molar-refractivity contribution in [2.75, 3.05) is 7.11 Å². The van der Waals surface area contributed by atoms with E-state index in [0.29, 0.717) is 47.5 Å². The molecular formula is C38H50O5. The van der Waals surface area contributed by atoms with Crippen LogP contribution in [-0.4, -0.2) is 31.3 Å². The van der Waals surface area contributed by atoms with Gasteiger partial charge in [0.1, 0.15) is 18.0 Å². The van der Waals surface area contributed by atoms with Crippen molar-refractivity contribution in [3.8, 4) is 5.75 Å². The van der Waals surface area contributed by atoms with Gasteiger partial charge < -0.3 is 14.2 Å². The highest BCUT2D eigenvalue weighted by Gasteiger charge is 2.65. The van der Waals surface area contributed by atoms with Crippen LogP contribution in [0.1, 0.15) is 95.3 Å². The van der Waals surface area contributed by atoms with Gasteiger partial charge in [0.25, 0.3) is 0 Å². The van der Waals surface area contributed by atoms with Crippen LogP contribution in [0.4, 0.5) is 0 Å². The summed E-state index contributed by atoms with van der Waals surface area (Å²) in [4.78, 5) is 24.9. The molecule has 0 heterocycles. The fraction of sp³-hybridized carbons (Fsp3) is 0.632. The van der Waals surface area contributed by atoms with Gasteiger partial charge in [-0.1, -0.05) is 57.2 Å². The Kier molecular flexibility index (Phi) is 8.63. The number of hydrogen-bond donors (Lipinski definition) is 0. The van der Waals surface area contributed by atoms with Crippen molar-refractivity contribution >= 4 is 11.9 Å². The summed E-state index contributed by atoms with van der Waals surface area (Å²) in [6.45, 7) is 7.43. The largest absolute Gasteiger partial charge is 0.490 e. The number of ether oxygens (including phenoxy) is 3. The molecule has 0 saturated heterocycles. The maximum absolute atomic E-state index is 12.9. The minimum Gasteiger partial charge on any atom is -0.490 e. The molecule has 4 fully saturated rings. The summed E-state index contributed by atoms with van der Waals surface area (Å²) in [5.41, 5.74) is 0.939. The van der Waals surface area contributed by atoms with Crippen molar-refractivity contribution in [3.63, 3.8) is 0 Å². The summed E-state index contributed by atoms with van der Waals surface area (Å²) in [6, 6.07) is 19.8. The van der Waals surface area contributed by atoms with Crippen LogP contribution in [0.25, 0.3) is 0 Å². The zero-order valence-corrected chi connectivity index (χ0v) is 26.5. The molecule has 6 rings (SSSR count). The SMILES string of the molecule is COC(=O)CC[C@H](C)[C@H]1CC[C@H]2[C@@H]3CC[C@H]4C[C@H](OC(=O)c5ccccc5)CC[C@]4(C)[C@H]3C[C@H](Oc3ccccc3)[C@]12C. The van der Waals surface area contributed by atoms with E-state index in [1.807, 2.05) is 30.3 Å². The second-order valence-corrected chi connectivity index (χ2v) is 14.6. The molecule has 0 radical (unpaired) electrons. The predicted octanol–water partition coefficient (Wildman–Crippen LogP) is 8.52. The number of esters is 2. The summed E-state index contributed by atoms with van der Waals surface area (Å²) < 4.78 is 18.1. The van der Waals surface area contributed by atoms with Crippen molar-refractivity contribution in [2.24, 2.45) is 46.3 Å². The molecule has 0 bridgehead atoms. The molecule has 5 heteroatoms. The maximum Gasteiger partial charge on any atom is 0.338 e. The molecule has 4 aliphatic rings.